The number of aromatic nitrogens is 2. The highest BCUT2D eigenvalue weighted by molar-refractivity contribution is 5.79. The minimum atomic E-state index is 0.0214. The molecule has 0 bridgehead atoms. The summed E-state index contributed by atoms with van der Waals surface area (Å²) in [6.07, 6.45) is 5.70. The molecule has 0 aliphatic heterocycles. The highest BCUT2D eigenvalue weighted by Gasteiger charge is 2.24. The lowest BCUT2D eigenvalue weighted by Gasteiger charge is -2.15. The summed E-state index contributed by atoms with van der Waals surface area (Å²) in [7, 11) is 1.91. The summed E-state index contributed by atoms with van der Waals surface area (Å²) in [4.78, 5) is 16.4. The van der Waals surface area contributed by atoms with Crippen LogP contribution in [0.4, 0.5) is 0 Å². The van der Waals surface area contributed by atoms with Crippen molar-refractivity contribution in [1.82, 2.24) is 20.8 Å². The number of nitrogens with zero attached hydrogens (tertiary/aromatic N) is 2. The number of carbonyl (C=O) groups excluding carboxylic acids is 1. The fourth-order valence-corrected chi connectivity index (χ4v) is 2.69. The Morgan fingerprint density at radius 3 is 2.67 bits per heavy atom. The van der Waals surface area contributed by atoms with Gasteiger partial charge in [0.1, 0.15) is 0 Å². The van der Waals surface area contributed by atoms with Gasteiger partial charge in [0.25, 0.3) is 0 Å². The third kappa shape index (κ3) is 4.81. The number of carbonyl (C=O) groups is 1. The Kier molecular flexibility index (Phi) is 5.73. The molecule has 0 aromatic carbocycles. The van der Waals surface area contributed by atoms with Crippen LogP contribution < -0.4 is 10.6 Å². The summed E-state index contributed by atoms with van der Waals surface area (Å²) >= 11 is 0. The normalized spacial score (nSPS) is 18.6. The average Bonchev–Trinajstić information content (AvgIpc) is 3.10. The van der Waals surface area contributed by atoms with Crippen molar-refractivity contribution in [1.29, 1.82) is 0 Å². The van der Waals surface area contributed by atoms with Gasteiger partial charge in [-0.25, -0.2) is 0 Å². The van der Waals surface area contributed by atoms with E-state index in [0.717, 1.165) is 19.3 Å². The number of likely N-dealkylation sites (N-methyl/N-ethyl adjacent to an activating group) is 1. The van der Waals surface area contributed by atoms with Crippen molar-refractivity contribution < 1.29 is 9.32 Å². The van der Waals surface area contributed by atoms with Crippen molar-refractivity contribution in [2.75, 3.05) is 7.05 Å². The van der Waals surface area contributed by atoms with Crippen molar-refractivity contribution in [2.24, 2.45) is 5.92 Å². The third-order valence-electron chi connectivity index (χ3n) is 4.09. The minimum absolute atomic E-state index is 0.0214. The summed E-state index contributed by atoms with van der Waals surface area (Å²) in [5.74, 6) is 1.67. The molecular formula is C15H26N4O2. The molecule has 2 unspecified atom stereocenters. The van der Waals surface area contributed by atoms with E-state index in [-0.39, 0.29) is 17.9 Å². The lowest BCUT2D eigenvalue weighted by molar-refractivity contribution is -0.125. The molecule has 0 spiro atoms. The second kappa shape index (κ2) is 7.54. The highest BCUT2D eigenvalue weighted by atomic mass is 16.5. The number of rotatable bonds is 7. The van der Waals surface area contributed by atoms with Gasteiger partial charge in [0, 0.05) is 30.8 Å². The Morgan fingerprint density at radius 1 is 1.29 bits per heavy atom. The van der Waals surface area contributed by atoms with Crippen LogP contribution in [0.2, 0.25) is 0 Å². The van der Waals surface area contributed by atoms with Crippen LogP contribution in [0.1, 0.15) is 51.2 Å². The largest absolute Gasteiger partial charge is 0.353 e. The van der Waals surface area contributed by atoms with E-state index >= 15 is 0 Å². The van der Waals surface area contributed by atoms with E-state index < -0.39 is 0 Å². The molecule has 1 amide bonds. The smallest absolute Gasteiger partial charge is 0.228 e. The SMILES string of the molecule is CNC(C)Cc1noc(CC(C)NC(=O)C2CCCC2)n1. The molecule has 2 atom stereocenters. The minimum Gasteiger partial charge on any atom is -0.353 e. The first-order valence-electron chi connectivity index (χ1n) is 7.87. The summed E-state index contributed by atoms with van der Waals surface area (Å²) in [6, 6.07) is 0.336. The lowest BCUT2D eigenvalue weighted by atomic mass is 10.1. The fourth-order valence-electron chi connectivity index (χ4n) is 2.69. The van der Waals surface area contributed by atoms with Crippen LogP contribution in [0.25, 0.3) is 0 Å². The summed E-state index contributed by atoms with van der Waals surface area (Å²) in [5, 5.41) is 10.2. The number of hydrogen-bond acceptors (Lipinski definition) is 5. The molecule has 118 valence electrons. The first kappa shape index (κ1) is 15.9. The van der Waals surface area contributed by atoms with Gasteiger partial charge in [-0.3, -0.25) is 4.79 Å². The Bertz CT molecular complexity index is 454. The van der Waals surface area contributed by atoms with Crippen LogP contribution in [0.15, 0.2) is 4.52 Å². The van der Waals surface area contributed by atoms with Gasteiger partial charge < -0.3 is 15.2 Å². The lowest BCUT2D eigenvalue weighted by Crippen LogP contribution is -2.37. The Balaban J connectivity index is 1.79. The van der Waals surface area contributed by atoms with Crippen molar-refractivity contribution in [3.8, 4) is 0 Å². The van der Waals surface area contributed by atoms with E-state index in [1.165, 1.54) is 12.8 Å². The maximum atomic E-state index is 12.0. The second-order valence-electron chi connectivity index (χ2n) is 6.09. The van der Waals surface area contributed by atoms with Gasteiger partial charge in [-0.05, 0) is 33.7 Å². The molecule has 21 heavy (non-hydrogen) atoms. The van der Waals surface area contributed by atoms with Crippen molar-refractivity contribution in [2.45, 2.75) is 64.5 Å². The molecule has 1 heterocycles. The Hall–Kier alpha value is -1.43. The zero-order chi connectivity index (χ0) is 15.2. The van der Waals surface area contributed by atoms with Gasteiger partial charge in [-0.1, -0.05) is 18.0 Å². The first-order valence-corrected chi connectivity index (χ1v) is 7.87. The molecule has 2 rings (SSSR count). The van der Waals surface area contributed by atoms with Crippen molar-refractivity contribution in [3.05, 3.63) is 11.7 Å². The number of hydrogen-bond donors (Lipinski definition) is 2. The fraction of sp³-hybridized carbons (Fsp3) is 0.800. The molecule has 1 aliphatic rings. The molecule has 0 saturated heterocycles. The van der Waals surface area contributed by atoms with Gasteiger partial charge in [-0.2, -0.15) is 4.98 Å². The van der Waals surface area contributed by atoms with Gasteiger partial charge in [0.05, 0.1) is 0 Å². The van der Waals surface area contributed by atoms with Crippen LogP contribution >= 0.6 is 0 Å². The molecule has 1 saturated carbocycles. The van der Waals surface area contributed by atoms with E-state index in [1.807, 2.05) is 14.0 Å². The molecule has 1 fully saturated rings. The Labute approximate surface area is 126 Å². The Morgan fingerprint density at radius 2 is 2.00 bits per heavy atom. The highest BCUT2D eigenvalue weighted by Crippen LogP contribution is 2.24. The first-order chi connectivity index (χ1) is 10.1. The summed E-state index contributed by atoms with van der Waals surface area (Å²) in [6.45, 7) is 4.05. The zero-order valence-electron chi connectivity index (χ0n) is 13.2. The van der Waals surface area contributed by atoms with E-state index in [4.69, 9.17) is 4.52 Å². The van der Waals surface area contributed by atoms with Gasteiger partial charge >= 0.3 is 0 Å². The molecule has 2 N–H and O–H groups in total. The van der Waals surface area contributed by atoms with Gasteiger partial charge in [0.15, 0.2) is 5.82 Å². The molecule has 1 aromatic heterocycles. The van der Waals surface area contributed by atoms with Crippen molar-refractivity contribution in [3.63, 3.8) is 0 Å². The molecule has 6 heteroatoms. The molecule has 1 aromatic rings. The molecular weight excluding hydrogens is 268 g/mol. The molecule has 0 radical (unpaired) electrons. The predicted molar refractivity (Wildman–Crippen MR) is 79.8 cm³/mol. The van der Waals surface area contributed by atoms with Crippen LogP contribution in [-0.4, -0.2) is 35.2 Å². The van der Waals surface area contributed by atoms with Crippen LogP contribution in [0, 0.1) is 5.92 Å². The number of amides is 1. The topological polar surface area (TPSA) is 80.0 Å². The monoisotopic (exact) mass is 294 g/mol. The van der Waals surface area contributed by atoms with Crippen LogP contribution in [0.5, 0.6) is 0 Å². The van der Waals surface area contributed by atoms with E-state index in [1.54, 1.807) is 0 Å². The van der Waals surface area contributed by atoms with E-state index in [9.17, 15) is 4.79 Å². The maximum absolute atomic E-state index is 12.0. The predicted octanol–water partition coefficient (Wildman–Crippen LogP) is 1.46. The zero-order valence-corrected chi connectivity index (χ0v) is 13.2. The molecule has 1 aliphatic carbocycles. The second-order valence-corrected chi connectivity index (χ2v) is 6.09. The maximum Gasteiger partial charge on any atom is 0.228 e. The van der Waals surface area contributed by atoms with Crippen molar-refractivity contribution >= 4 is 5.91 Å². The van der Waals surface area contributed by atoms with E-state index in [0.29, 0.717) is 24.2 Å². The van der Waals surface area contributed by atoms with Gasteiger partial charge in [-0.15, -0.1) is 0 Å². The van der Waals surface area contributed by atoms with Crippen LogP contribution in [0.3, 0.4) is 0 Å². The average molecular weight is 294 g/mol. The van der Waals surface area contributed by atoms with Crippen LogP contribution in [-0.2, 0) is 17.6 Å². The quantitative estimate of drug-likeness (QED) is 0.796. The summed E-state index contributed by atoms with van der Waals surface area (Å²) < 4.78 is 5.25. The third-order valence-corrected chi connectivity index (χ3v) is 4.09. The summed E-state index contributed by atoms with van der Waals surface area (Å²) in [5.41, 5.74) is 0. The molecule has 6 nitrogen and oxygen atoms in total. The standard InChI is InChI=1S/C15H26N4O2/c1-10(16-3)8-13-18-14(21-19-13)9-11(2)17-15(20)12-6-4-5-7-12/h10-12,16H,4-9H2,1-3H3,(H,17,20). The van der Waals surface area contributed by atoms with Gasteiger partial charge in [0.2, 0.25) is 11.8 Å². The van der Waals surface area contributed by atoms with E-state index in [2.05, 4.69) is 27.7 Å². The number of nitrogens with one attached hydrogen (secondary N) is 2.